The maximum atomic E-state index is 14.4. The van der Waals surface area contributed by atoms with Gasteiger partial charge in [0.15, 0.2) is 10.6 Å². The van der Waals surface area contributed by atoms with Gasteiger partial charge < -0.3 is 4.57 Å². The Balaban J connectivity index is 1.55. The second kappa shape index (κ2) is 9.46. The Hall–Kier alpha value is -2.40. The standard InChI is InChI=1S/C22H20ClF2N3O3S2/c1-2-9-28-20-18(25)12-16(24)13-19(20)32-22(28)26-21(29)14-7-10-27(11-8-14)33(30,31)17-5-3-15(23)4-6-17/h2-6,12-14H,1,7-11H2. The molecule has 11 heteroatoms. The van der Waals surface area contributed by atoms with E-state index in [0.29, 0.717) is 22.6 Å². The van der Waals surface area contributed by atoms with Gasteiger partial charge in [-0.1, -0.05) is 29.0 Å². The Morgan fingerprint density at radius 2 is 1.88 bits per heavy atom. The SMILES string of the molecule is C=CCn1c(=NC(=O)C2CCN(S(=O)(=O)c3ccc(Cl)cc3)CC2)sc2cc(F)cc(F)c21. The highest BCUT2D eigenvalue weighted by atomic mass is 35.5. The number of thiazole rings is 1. The van der Waals surface area contributed by atoms with Gasteiger partial charge in [0, 0.05) is 36.6 Å². The average Bonchev–Trinajstić information content (AvgIpc) is 3.11. The summed E-state index contributed by atoms with van der Waals surface area (Å²) < 4.78 is 56.8. The maximum absolute atomic E-state index is 14.4. The minimum atomic E-state index is -3.68. The molecule has 0 unspecified atom stereocenters. The Labute approximate surface area is 198 Å². The number of allylic oxidation sites excluding steroid dienone is 1. The molecule has 0 aliphatic carbocycles. The van der Waals surface area contributed by atoms with Crippen molar-refractivity contribution in [1.29, 1.82) is 0 Å². The molecule has 3 aromatic rings. The zero-order valence-corrected chi connectivity index (χ0v) is 19.8. The van der Waals surface area contributed by atoms with Crippen molar-refractivity contribution in [2.24, 2.45) is 10.9 Å². The monoisotopic (exact) mass is 511 g/mol. The van der Waals surface area contributed by atoms with E-state index >= 15 is 0 Å². The van der Waals surface area contributed by atoms with Gasteiger partial charge in [0.25, 0.3) is 5.91 Å². The number of hydrogen-bond acceptors (Lipinski definition) is 4. The lowest BCUT2D eigenvalue weighted by Gasteiger charge is -2.29. The lowest BCUT2D eigenvalue weighted by molar-refractivity contribution is -0.122. The van der Waals surface area contributed by atoms with E-state index in [-0.39, 0.29) is 34.8 Å². The Morgan fingerprint density at radius 3 is 2.52 bits per heavy atom. The number of nitrogens with zero attached hydrogens (tertiary/aromatic N) is 3. The maximum Gasteiger partial charge on any atom is 0.251 e. The van der Waals surface area contributed by atoms with Gasteiger partial charge in [-0.15, -0.1) is 6.58 Å². The molecule has 174 valence electrons. The number of hydrogen-bond donors (Lipinski definition) is 0. The molecular formula is C22H20ClF2N3O3S2. The molecule has 0 N–H and O–H groups in total. The average molecular weight is 512 g/mol. The van der Waals surface area contributed by atoms with E-state index in [0.717, 1.165) is 17.4 Å². The second-order valence-electron chi connectivity index (χ2n) is 7.60. The highest BCUT2D eigenvalue weighted by molar-refractivity contribution is 7.89. The van der Waals surface area contributed by atoms with Crippen LogP contribution in [0.1, 0.15) is 12.8 Å². The largest absolute Gasteiger partial charge is 0.310 e. The molecule has 0 spiro atoms. The number of halogens is 3. The summed E-state index contributed by atoms with van der Waals surface area (Å²) in [5.74, 6) is -2.33. The van der Waals surface area contributed by atoms with Gasteiger partial charge in [0.05, 0.1) is 15.1 Å². The van der Waals surface area contributed by atoms with Gasteiger partial charge in [-0.3, -0.25) is 4.79 Å². The summed E-state index contributed by atoms with van der Waals surface area (Å²) in [5, 5.41) is 0.442. The molecule has 1 saturated heterocycles. The van der Waals surface area contributed by atoms with Crippen molar-refractivity contribution in [2.75, 3.05) is 13.1 Å². The number of carbonyl (C=O) groups excluding carboxylic acids is 1. The van der Waals surface area contributed by atoms with Crippen LogP contribution < -0.4 is 4.80 Å². The third kappa shape index (κ3) is 4.79. The Kier molecular flexibility index (Phi) is 6.81. The molecule has 0 atom stereocenters. The van der Waals surface area contributed by atoms with Crippen LogP contribution in [-0.2, 0) is 21.4 Å². The summed E-state index contributed by atoms with van der Waals surface area (Å²) in [5.41, 5.74) is 0.164. The number of carbonyl (C=O) groups is 1. The first-order valence-electron chi connectivity index (χ1n) is 10.1. The fourth-order valence-electron chi connectivity index (χ4n) is 3.80. The van der Waals surface area contributed by atoms with Crippen molar-refractivity contribution < 1.29 is 22.0 Å². The second-order valence-corrected chi connectivity index (χ2v) is 11.0. The predicted molar refractivity (Wildman–Crippen MR) is 123 cm³/mol. The molecule has 1 aromatic heterocycles. The molecule has 1 aliphatic heterocycles. The fraction of sp³-hybridized carbons (Fsp3) is 0.273. The summed E-state index contributed by atoms with van der Waals surface area (Å²) in [6.07, 6.45) is 2.16. The molecular weight excluding hydrogens is 492 g/mol. The van der Waals surface area contributed by atoms with Gasteiger partial charge in [-0.2, -0.15) is 9.30 Å². The van der Waals surface area contributed by atoms with Gasteiger partial charge in [0.1, 0.15) is 5.82 Å². The molecule has 4 rings (SSSR count). The van der Waals surface area contributed by atoms with E-state index in [2.05, 4.69) is 11.6 Å². The molecule has 0 saturated carbocycles. The van der Waals surface area contributed by atoms with Crippen LogP contribution in [-0.4, -0.2) is 36.3 Å². The number of aromatic nitrogens is 1. The highest BCUT2D eigenvalue weighted by Gasteiger charge is 2.32. The van der Waals surface area contributed by atoms with Gasteiger partial charge >= 0.3 is 0 Å². The lowest BCUT2D eigenvalue weighted by Crippen LogP contribution is -2.40. The van der Waals surface area contributed by atoms with Crippen LogP contribution in [0.3, 0.4) is 0 Å². The molecule has 0 radical (unpaired) electrons. The van der Waals surface area contributed by atoms with Crippen molar-refractivity contribution in [3.8, 4) is 0 Å². The number of rotatable bonds is 5. The summed E-state index contributed by atoms with van der Waals surface area (Å²) in [6, 6.07) is 7.92. The molecule has 0 bridgehead atoms. The van der Waals surface area contributed by atoms with E-state index in [1.165, 1.54) is 39.2 Å². The van der Waals surface area contributed by atoms with E-state index in [9.17, 15) is 22.0 Å². The zero-order chi connectivity index (χ0) is 23.8. The van der Waals surface area contributed by atoms with E-state index in [1.54, 1.807) is 6.08 Å². The van der Waals surface area contributed by atoms with E-state index in [4.69, 9.17) is 11.6 Å². The van der Waals surface area contributed by atoms with Gasteiger partial charge in [0.2, 0.25) is 10.0 Å². The van der Waals surface area contributed by atoms with Crippen LogP contribution in [0.15, 0.2) is 58.9 Å². The van der Waals surface area contributed by atoms with Crippen LogP contribution in [0.2, 0.25) is 5.02 Å². The Morgan fingerprint density at radius 1 is 1.21 bits per heavy atom. The van der Waals surface area contributed by atoms with Crippen LogP contribution in [0.5, 0.6) is 0 Å². The third-order valence-electron chi connectivity index (χ3n) is 5.47. The van der Waals surface area contributed by atoms with Crippen molar-refractivity contribution in [2.45, 2.75) is 24.3 Å². The van der Waals surface area contributed by atoms with Gasteiger partial charge in [-0.05, 0) is 43.2 Å². The summed E-state index contributed by atoms with van der Waals surface area (Å²) >= 11 is 6.86. The molecule has 6 nitrogen and oxygen atoms in total. The third-order valence-corrected chi connectivity index (χ3v) is 8.66. The molecule has 1 amide bonds. The Bertz CT molecular complexity index is 1390. The minimum absolute atomic E-state index is 0.145. The molecule has 1 fully saturated rings. The molecule has 1 aliphatic rings. The number of fused-ring (bicyclic) bond motifs is 1. The lowest BCUT2D eigenvalue weighted by atomic mass is 9.98. The van der Waals surface area contributed by atoms with Crippen molar-refractivity contribution in [3.63, 3.8) is 0 Å². The topological polar surface area (TPSA) is 71.7 Å². The molecule has 2 aromatic carbocycles. The van der Waals surface area contributed by atoms with E-state index < -0.39 is 33.5 Å². The normalized spacial score (nSPS) is 16.4. The van der Waals surface area contributed by atoms with Crippen molar-refractivity contribution >= 4 is 49.1 Å². The highest BCUT2D eigenvalue weighted by Crippen LogP contribution is 2.26. The number of piperidine rings is 1. The smallest absolute Gasteiger partial charge is 0.251 e. The summed E-state index contributed by atoms with van der Waals surface area (Å²) in [7, 11) is -3.68. The number of amides is 1. The molecule has 2 heterocycles. The van der Waals surface area contributed by atoms with Crippen molar-refractivity contribution in [3.05, 3.63) is 70.5 Å². The van der Waals surface area contributed by atoms with Crippen LogP contribution in [0.25, 0.3) is 10.2 Å². The van der Waals surface area contributed by atoms with Crippen molar-refractivity contribution in [1.82, 2.24) is 8.87 Å². The van der Waals surface area contributed by atoms with Crippen LogP contribution in [0.4, 0.5) is 8.78 Å². The minimum Gasteiger partial charge on any atom is -0.310 e. The quantitative estimate of drug-likeness (QED) is 0.478. The van der Waals surface area contributed by atoms with Gasteiger partial charge in [-0.25, -0.2) is 17.2 Å². The number of sulfonamides is 1. The first-order chi connectivity index (χ1) is 15.7. The summed E-state index contributed by atoms with van der Waals surface area (Å²) in [6.45, 7) is 4.21. The van der Waals surface area contributed by atoms with Crippen LogP contribution >= 0.6 is 22.9 Å². The first kappa shape index (κ1) is 23.7. The fourth-order valence-corrected chi connectivity index (χ4v) is 6.48. The first-order valence-corrected chi connectivity index (χ1v) is 12.8. The predicted octanol–water partition coefficient (Wildman–Crippen LogP) is 4.35. The van der Waals surface area contributed by atoms with Crippen LogP contribution in [0, 0.1) is 17.6 Å². The number of benzene rings is 2. The zero-order valence-electron chi connectivity index (χ0n) is 17.4. The molecule has 33 heavy (non-hydrogen) atoms. The van der Waals surface area contributed by atoms with E-state index in [1.807, 2.05) is 0 Å². The summed E-state index contributed by atoms with van der Waals surface area (Å²) in [4.78, 5) is 17.4.